The molecule has 0 radical (unpaired) electrons. The zero-order chi connectivity index (χ0) is 23.6. The summed E-state index contributed by atoms with van der Waals surface area (Å²) in [4.78, 5) is 24.6. The second-order valence-electron chi connectivity index (χ2n) is 9.72. The van der Waals surface area contributed by atoms with E-state index in [4.69, 9.17) is 9.47 Å². The normalized spacial score (nSPS) is 30.2. The van der Waals surface area contributed by atoms with Gasteiger partial charge in [-0.25, -0.2) is 4.79 Å². The standard InChI is InChI=1S/C24H41IO6/c1-7-22(6,25)21(27)30-14-18(26)31-17-13-15-12-16(17)20(24(29,10-4)11-5)19(15)23(28,8-2)9-3/h15-17,19-20,28-29H,7-14H2,1-6H3. The number of hydrogen-bond acceptors (Lipinski definition) is 6. The Labute approximate surface area is 201 Å². The lowest BCUT2D eigenvalue weighted by Gasteiger charge is -2.50. The second kappa shape index (κ2) is 10.2. The zero-order valence-corrected chi connectivity index (χ0v) is 22.1. The number of hydrogen-bond donors (Lipinski definition) is 2. The van der Waals surface area contributed by atoms with Gasteiger partial charge in [0.1, 0.15) is 9.53 Å². The Bertz CT molecular complexity index is 640. The van der Waals surface area contributed by atoms with Crippen molar-refractivity contribution in [2.24, 2.45) is 23.7 Å². The van der Waals surface area contributed by atoms with Crippen LogP contribution in [0.2, 0.25) is 0 Å². The fourth-order valence-electron chi connectivity index (χ4n) is 6.01. The molecule has 2 fully saturated rings. The highest BCUT2D eigenvalue weighted by Gasteiger charge is 2.63. The summed E-state index contributed by atoms with van der Waals surface area (Å²) in [6.07, 6.45) is 4.32. The maximum absolute atomic E-state index is 12.5. The molecule has 2 aliphatic carbocycles. The summed E-state index contributed by atoms with van der Waals surface area (Å²) in [5, 5.41) is 22.9. The van der Waals surface area contributed by atoms with Gasteiger partial charge in [0.15, 0.2) is 6.61 Å². The Morgan fingerprint density at radius 2 is 1.42 bits per heavy atom. The molecule has 0 aliphatic heterocycles. The van der Waals surface area contributed by atoms with Crippen molar-refractivity contribution < 1.29 is 29.3 Å². The van der Waals surface area contributed by atoms with Crippen LogP contribution < -0.4 is 0 Å². The SMILES string of the molecule is CCC(C)(I)C(=O)OCC(=O)OC1CC2CC1C(C(O)(CC)CC)C2C(O)(CC)CC. The van der Waals surface area contributed by atoms with Gasteiger partial charge in [-0.15, -0.1) is 0 Å². The number of alkyl halides is 1. The highest BCUT2D eigenvalue weighted by molar-refractivity contribution is 14.1. The molecule has 180 valence electrons. The predicted octanol–water partition coefficient (Wildman–Crippen LogP) is 4.42. The van der Waals surface area contributed by atoms with Gasteiger partial charge in [0.25, 0.3) is 0 Å². The van der Waals surface area contributed by atoms with Gasteiger partial charge >= 0.3 is 11.9 Å². The first-order valence-corrected chi connectivity index (χ1v) is 13.0. The monoisotopic (exact) mass is 552 g/mol. The third-order valence-electron chi connectivity index (χ3n) is 8.33. The van der Waals surface area contributed by atoms with Gasteiger partial charge in [0.05, 0.1) is 11.2 Å². The van der Waals surface area contributed by atoms with Crippen molar-refractivity contribution in [1.29, 1.82) is 0 Å². The molecule has 2 N–H and O–H groups in total. The van der Waals surface area contributed by atoms with Gasteiger partial charge < -0.3 is 19.7 Å². The van der Waals surface area contributed by atoms with Crippen LogP contribution in [0.4, 0.5) is 0 Å². The number of ether oxygens (including phenoxy) is 2. The van der Waals surface area contributed by atoms with E-state index in [0.717, 1.165) is 6.42 Å². The van der Waals surface area contributed by atoms with Gasteiger partial charge in [-0.1, -0.05) is 57.2 Å². The van der Waals surface area contributed by atoms with Crippen molar-refractivity contribution in [3.63, 3.8) is 0 Å². The van der Waals surface area contributed by atoms with Crippen LogP contribution in [0.25, 0.3) is 0 Å². The van der Waals surface area contributed by atoms with Gasteiger partial charge in [-0.3, -0.25) is 4.79 Å². The topological polar surface area (TPSA) is 93.1 Å². The minimum absolute atomic E-state index is 0.00513. The molecule has 2 rings (SSSR count). The predicted molar refractivity (Wildman–Crippen MR) is 128 cm³/mol. The quantitative estimate of drug-likeness (QED) is 0.224. The zero-order valence-electron chi connectivity index (χ0n) is 19.9. The summed E-state index contributed by atoms with van der Waals surface area (Å²) >= 11 is 2.04. The molecule has 2 saturated carbocycles. The number of esters is 2. The number of carbonyl (C=O) groups is 2. The first-order chi connectivity index (χ1) is 14.4. The van der Waals surface area contributed by atoms with Crippen molar-refractivity contribution in [3.8, 4) is 0 Å². The summed E-state index contributed by atoms with van der Waals surface area (Å²) in [5.74, 6) is -0.862. The first-order valence-electron chi connectivity index (χ1n) is 11.9. The molecule has 7 heteroatoms. The summed E-state index contributed by atoms with van der Waals surface area (Å²) in [5.41, 5.74) is -1.72. The molecule has 6 atom stereocenters. The molecule has 0 amide bonds. The lowest BCUT2D eigenvalue weighted by atomic mass is 9.60. The largest absolute Gasteiger partial charge is 0.460 e. The molecular formula is C24H41IO6. The highest BCUT2D eigenvalue weighted by atomic mass is 127. The summed E-state index contributed by atoms with van der Waals surface area (Å²) in [6.45, 7) is 11.3. The van der Waals surface area contributed by atoms with Crippen molar-refractivity contribution in [3.05, 3.63) is 0 Å². The fraction of sp³-hybridized carbons (Fsp3) is 0.917. The summed E-state index contributed by atoms with van der Waals surface area (Å²) in [7, 11) is 0. The number of rotatable bonds is 11. The summed E-state index contributed by atoms with van der Waals surface area (Å²) in [6, 6.07) is 0. The van der Waals surface area contributed by atoms with E-state index in [-0.39, 0.29) is 36.4 Å². The molecule has 0 aromatic heterocycles. The minimum atomic E-state index is -0.899. The average Bonchev–Trinajstić information content (AvgIpc) is 3.34. The first kappa shape index (κ1) is 26.8. The van der Waals surface area contributed by atoms with E-state index in [1.54, 1.807) is 6.92 Å². The van der Waals surface area contributed by atoms with Crippen LogP contribution in [0, 0.1) is 23.7 Å². The lowest BCUT2D eigenvalue weighted by molar-refractivity contribution is -0.178. The molecule has 0 heterocycles. The maximum Gasteiger partial charge on any atom is 0.344 e. The van der Waals surface area contributed by atoms with E-state index in [9.17, 15) is 19.8 Å². The van der Waals surface area contributed by atoms with Gasteiger partial charge in [0, 0.05) is 5.92 Å². The van der Waals surface area contributed by atoms with E-state index in [1.807, 2.05) is 57.2 Å². The fourth-order valence-corrected chi connectivity index (χ4v) is 6.16. The second-order valence-corrected chi connectivity index (χ2v) is 12.1. The van der Waals surface area contributed by atoms with E-state index in [0.29, 0.717) is 38.5 Å². The van der Waals surface area contributed by atoms with Crippen LogP contribution in [0.5, 0.6) is 0 Å². The number of halogens is 1. The Kier molecular flexibility index (Phi) is 8.87. The molecule has 0 spiro atoms. The van der Waals surface area contributed by atoms with Gasteiger partial charge in [-0.2, -0.15) is 0 Å². The molecule has 0 aromatic carbocycles. The van der Waals surface area contributed by atoms with Crippen molar-refractivity contribution in [2.45, 2.75) is 107 Å². The van der Waals surface area contributed by atoms with Gasteiger partial charge in [0.2, 0.25) is 0 Å². The van der Waals surface area contributed by atoms with E-state index in [1.165, 1.54) is 0 Å². The van der Waals surface area contributed by atoms with E-state index >= 15 is 0 Å². The third kappa shape index (κ3) is 5.24. The van der Waals surface area contributed by atoms with Crippen LogP contribution in [-0.2, 0) is 19.1 Å². The molecule has 0 aromatic rings. The van der Waals surface area contributed by atoms with Crippen LogP contribution in [0.15, 0.2) is 0 Å². The maximum atomic E-state index is 12.5. The van der Waals surface area contributed by atoms with Crippen molar-refractivity contribution >= 4 is 34.5 Å². The third-order valence-corrected chi connectivity index (χ3v) is 9.53. The Morgan fingerprint density at radius 3 is 1.90 bits per heavy atom. The molecule has 0 saturated heterocycles. The molecular weight excluding hydrogens is 511 g/mol. The van der Waals surface area contributed by atoms with Crippen molar-refractivity contribution in [1.82, 2.24) is 0 Å². The molecule has 6 nitrogen and oxygen atoms in total. The average molecular weight is 552 g/mol. The number of aliphatic hydroxyl groups is 2. The van der Waals surface area contributed by atoms with E-state index < -0.39 is 26.6 Å². The molecule has 31 heavy (non-hydrogen) atoms. The minimum Gasteiger partial charge on any atom is -0.460 e. The number of fused-ring (bicyclic) bond motifs is 2. The molecule has 2 bridgehead atoms. The Hall–Kier alpha value is -0.410. The van der Waals surface area contributed by atoms with Crippen LogP contribution in [-0.4, -0.2) is 49.5 Å². The van der Waals surface area contributed by atoms with E-state index in [2.05, 4.69) is 0 Å². The van der Waals surface area contributed by atoms with Crippen LogP contribution in [0.3, 0.4) is 0 Å². The smallest absolute Gasteiger partial charge is 0.344 e. The highest BCUT2D eigenvalue weighted by Crippen LogP contribution is 2.61. The Balaban J connectivity index is 2.15. The van der Waals surface area contributed by atoms with Gasteiger partial charge in [-0.05, 0) is 69.6 Å². The Morgan fingerprint density at radius 1 is 0.903 bits per heavy atom. The van der Waals surface area contributed by atoms with Crippen LogP contribution in [0.1, 0.15) is 86.5 Å². The van der Waals surface area contributed by atoms with Crippen molar-refractivity contribution in [2.75, 3.05) is 6.61 Å². The van der Waals surface area contributed by atoms with Crippen LogP contribution >= 0.6 is 22.6 Å². The number of carbonyl (C=O) groups excluding carboxylic acids is 2. The summed E-state index contributed by atoms with van der Waals surface area (Å²) < 4.78 is 10.3. The lowest BCUT2D eigenvalue weighted by Crippen LogP contribution is -2.55. The molecule has 6 unspecified atom stereocenters. The molecule has 2 aliphatic rings.